The number of methoxy groups -OCH3 is 1. The number of ether oxygens (including phenoxy) is 1. The van der Waals surface area contributed by atoms with Gasteiger partial charge in [0.25, 0.3) is 0 Å². The highest BCUT2D eigenvalue weighted by atomic mass is 16.5. The lowest BCUT2D eigenvalue weighted by Gasteiger charge is -2.37. The summed E-state index contributed by atoms with van der Waals surface area (Å²) in [5.41, 5.74) is 1.16. The summed E-state index contributed by atoms with van der Waals surface area (Å²) in [4.78, 5) is 28.4. The van der Waals surface area contributed by atoms with Crippen molar-refractivity contribution in [2.75, 3.05) is 61.5 Å². The predicted molar refractivity (Wildman–Crippen MR) is 135 cm³/mol. The van der Waals surface area contributed by atoms with Crippen LogP contribution in [0.25, 0.3) is 0 Å². The number of nitrogens with zero attached hydrogens (tertiary/aromatic N) is 5. The first kappa shape index (κ1) is 22.7. The van der Waals surface area contributed by atoms with E-state index in [4.69, 9.17) is 4.74 Å². The van der Waals surface area contributed by atoms with Crippen LogP contribution in [-0.4, -0.2) is 73.2 Å². The van der Waals surface area contributed by atoms with E-state index < -0.39 is 0 Å². The highest BCUT2D eigenvalue weighted by Gasteiger charge is 2.25. The average Bonchev–Trinajstić information content (AvgIpc) is 3.72. The number of anilines is 3. The Hall–Kier alpha value is -3.03. The molecule has 0 radical (unpaired) electrons. The molecule has 5 rings (SSSR count). The van der Waals surface area contributed by atoms with Gasteiger partial charge in [-0.1, -0.05) is 6.07 Å². The van der Waals surface area contributed by atoms with Gasteiger partial charge in [0.2, 0.25) is 5.91 Å². The molecule has 8 heteroatoms. The summed E-state index contributed by atoms with van der Waals surface area (Å²) in [6.45, 7) is 5.32. The second-order valence-electron chi connectivity index (χ2n) is 9.72. The van der Waals surface area contributed by atoms with Crippen LogP contribution in [0.15, 0.2) is 36.7 Å². The van der Waals surface area contributed by atoms with Crippen molar-refractivity contribution in [1.82, 2.24) is 14.9 Å². The number of amides is 1. The maximum Gasteiger partial charge on any atom is 0.222 e. The lowest BCUT2D eigenvalue weighted by Crippen LogP contribution is -2.48. The van der Waals surface area contributed by atoms with Crippen molar-refractivity contribution in [2.24, 2.45) is 5.92 Å². The zero-order chi connectivity index (χ0) is 23.3. The Kier molecular flexibility index (Phi) is 7.02. The van der Waals surface area contributed by atoms with Crippen molar-refractivity contribution in [2.45, 2.75) is 44.6 Å². The maximum absolute atomic E-state index is 12.9. The number of aromatic nitrogens is 2. The fourth-order valence-corrected chi connectivity index (χ4v) is 4.99. The van der Waals surface area contributed by atoms with E-state index >= 15 is 0 Å². The van der Waals surface area contributed by atoms with Crippen molar-refractivity contribution in [3.8, 4) is 5.75 Å². The summed E-state index contributed by atoms with van der Waals surface area (Å²) in [7, 11) is 1.69. The molecule has 1 aliphatic carbocycles. The third-order valence-corrected chi connectivity index (χ3v) is 7.34. The topological polar surface area (TPSA) is 73.8 Å². The number of rotatable bonds is 8. The molecular formula is C26H36N6O2. The molecule has 1 aromatic carbocycles. The minimum atomic E-state index is 0.305. The van der Waals surface area contributed by atoms with Gasteiger partial charge in [-0.25, -0.2) is 9.97 Å². The third-order valence-electron chi connectivity index (χ3n) is 7.34. The average molecular weight is 465 g/mol. The fourth-order valence-electron chi connectivity index (χ4n) is 4.99. The second-order valence-corrected chi connectivity index (χ2v) is 9.72. The first-order valence-corrected chi connectivity index (χ1v) is 12.7. The first-order valence-electron chi connectivity index (χ1n) is 12.7. The normalized spacial score (nSPS) is 19.3. The van der Waals surface area contributed by atoms with E-state index in [0.29, 0.717) is 24.3 Å². The zero-order valence-corrected chi connectivity index (χ0v) is 20.2. The molecule has 0 bridgehead atoms. The Morgan fingerprint density at radius 1 is 1.00 bits per heavy atom. The van der Waals surface area contributed by atoms with Crippen LogP contribution in [-0.2, 0) is 4.79 Å². The van der Waals surface area contributed by atoms with Crippen LogP contribution in [0.2, 0.25) is 0 Å². The Balaban J connectivity index is 1.03. The van der Waals surface area contributed by atoms with Crippen molar-refractivity contribution in [1.29, 1.82) is 0 Å². The summed E-state index contributed by atoms with van der Waals surface area (Å²) in [5, 5.41) is 3.46. The lowest BCUT2D eigenvalue weighted by molar-refractivity contribution is -0.131. The van der Waals surface area contributed by atoms with Crippen LogP contribution in [0.1, 0.15) is 38.5 Å². The van der Waals surface area contributed by atoms with Gasteiger partial charge in [-0.15, -0.1) is 0 Å². The molecule has 3 aliphatic rings. The number of piperazine rings is 1. The van der Waals surface area contributed by atoms with E-state index in [-0.39, 0.29) is 0 Å². The lowest BCUT2D eigenvalue weighted by atomic mass is 9.92. The second kappa shape index (κ2) is 10.5. The van der Waals surface area contributed by atoms with Crippen molar-refractivity contribution >= 4 is 23.2 Å². The Morgan fingerprint density at radius 2 is 1.79 bits per heavy atom. The molecule has 34 heavy (non-hydrogen) atoms. The molecule has 1 aromatic heterocycles. The Morgan fingerprint density at radius 3 is 2.53 bits per heavy atom. The molecule has 2 aromatic rings. The summed E-state index contributed by atoms with van der Waals surface area (Å²) in [6.07, 6.45) is 8.02. The quantitative estimate of drug-likeness (QED) is 0.642. The van der Waals surface area contributed by atoms with E-state index in [1.807, 2.05) is 17.0 Å². The maximum atomic E-state index is 12.9. The van der Waals surface area contributed by atoms with Gasteiger partial charge in [0.1, 0.15) is 23.7 Å². The molecule has 182 valence electrons. The Bertz CT molecular complexity index is 965. The molecule has 1 amide bonds. The molecule has 0 unspecified atom stereocenters. The highest BCUT2D eigenvalue weighted by molar-refractivity contribution is 5.76. The van der Waals surface area contributed by atoms with Crippen LogP contribution in [0.4, 0.5) is 17.3 Å². The third kappa shape index (κ3) is 5.72. The van der Waals surface area contributed by atoms with Gasteiger partial charge >= 0.3 is 0 Å². The summed E-state index contributed by atoms with van der Waals surface area (Å²) >= 11 is 0. The zero-order valence-electron chi connectivity index (χ0n) is 20.2. The largest absolute Gasteiger partial charge is 0.497 e. The van der Waals surface area contributed by atoms with Gasteiger partial charge in [0, 0.05) is 69.6 Å². The number of carbonyl (C=O) groups is 1. The van der Waals surface area contributed by atoms with Crippen LogP contribution in [0.5, 0.6) is 5.75 Å². The van der Waals surface area contributed by atoms with Gasteiger partial charge in [-0.05, 0) is 50.2 Å². The number of hydrogen-bond acceptors (Lipinski definition) is 7. The fraction of sp³-hybridized carbons (Fsp3) is 0.577. The monoisotopic (exact) mass is 464 g/mol. The van der Waals surface area contributed by atoms with Gasteiger partial charge in [0.05, 0.1) is 7.11 Å². The van der Waals surface area contributed by atoms with Crippen LogP contribution >= 0.6 is 0 Å². The molecule has 0 atom stereocenters. The summed E-state index contributed by atoms with van der Waals surface area (Å²) in [5.74, 6) is 3.74. The molecule has 1 saturated carbocycles. The number of benzene rings is 1. The first-order chi connectivity index (χ1) is 16.7. The molecule has 0 spiro atoms. The van der Waals surface area contributed by atoms with Gasteiger partial charge < -0.3 is 24.8 Å². The van der Waals surface area contributed by atoms with E-state index in [1.165, 1.54) is 12.8 Å². The highest BCUT2D eigenvalue weighted by Crippen LogP contribution is 2.28. The molecule has 3 fully saturated rings. The van der Waals surface area contributed by atoms with Crippen LogP contribution in [0, 0.1) is 5.92 Å². The molecular weight excluding hydrogens is 428 g/mol. The van der Waals surface area contributed by atoms with E-state index in [9.17, 15) is 4.79 Å². The predicted octanol–water partition coefficient (Wildman–Crippen LogP) is 3.40. The molecule has 2 aliphatic heterocycles. The minimum absolute atomic E-state index is 0.305. The van der Waals surface area contributed by atoms with E-state index in [0.717, 1.165) is 81.6 Å². The summed E-state index contributed by atoms with van der Waals surface area (Å²) < 4.78 is 5.34. The molecule has 3 heterocycles. The summed E-state index contributed by atoms with van der Waals surface area (Å²) in [6, 6.07) is 10.8. The van der Waals surface area contributed by atoms with Crippen molar-refractivity contribution in [3.05, 3.63) is 36.7 Å². The van der Waals surface area contributed by atoms with E-state index in [1.54, 1.807) is 13.4 Å². The SMILES string of the molecule is COc1cccc(N2CCN(C(=O)CCC3CCN(c4cc(NC5CC5)ncn4)CC3)CC2)c1. The molecule has 1 N–H and O–H groups in total. The molecule has 8 nitrogen and oxygen atoms in total. The Labute approximate surface area is 202 Å². The van der Waals surface area contributed by atoms with Gasteiger partial charge in [-0.3, -0.25) is 4.79 Å². The number of nitrogens with one attached hydrogen (secondary N) is 1. The molecule has 2 saturated heterocycles. The van der Waals surface area contributed by atoms with Crippen LogP contribution < -0.4 is 19.9 Å². The van der Waals surface area contributed by atoms with Crippen molar-refractivity contribution in [3.63, 3.8) is 0 Å². The van der Waals surface area contributed by atoms with E-state index in [2.05, 4.69) is 43.3 Å². The van der Waals surface area contributed by atoms with Gasteiger partial charge in [0.15, 0.2) is 0 Å². The van der Waals surface area contributed by atoms with Gasteiger partial charge in [-0.2, -0.15) is 0 Å². The smallest absolute Gasteiger partial charge is 0.222 e. The number of piperidine rings is 1. The van der Waals surface area contributed by atoms with Crippen LogP contribution in [0.3, 0.4) is 0 Å². The number of hydrogen-bond donors (Lipinski definition) is 1. The minimum Gasteiger partial charge on any atom is -0.497 e. The standard InChI is InChI=1S/C26H36N6O2/c1-34-23-4-2-3-22(17-23)30-13-15-32(16-14-30)26(33)8-5-20-9-11-31(12-10-20)25-18-24(27-19-28-25)29-21-6-7-21/h2-4,17-21H,5-16H2,1H3,(H,27,28,29). The number of carbonyl (C=O) groups excluding carboxylic acids is 1. The van der Waals surface area contributed by atoms with Crippen molar-refractivity contribution < 1.29 is 9.53 Å².